The Kier molecular flexibility index (Phi) is 5.30. The van der Waals surface area contributed by atoms with Gasteiger partial charge in [-0.15, -0.1) is 0 Å². The van der Waals surface area contributed by atoms with Crippen molar-refractivity contribution in [3.05, 3.63) is 58.7 Å². The molecule has 4 heteroatoms. The van der Waals surface area contributed by atoms with E-state index >= 15 is 0 Å². The minimum atomic E-state index is 0.758. The number of aromatic nitrogens is 1. The zero-order valence-corrected chi connectivity index (χ0v) is 13.5. The average molecular weight is 316 g/mol. The molecule has 1 saturated heterocycles. The number of hydrogen-bond acceptors (Lipinski definition) is 3. The minimum absolute atomic E-state index is 0.758. The molecule has 0 aliphatic carbocycles. The van der Waals surface area contributed by atoms with E-state index in [1.807, 2.05) is 6.07 Å². The molecule has 1 aliphatic rings. The van der Waals surface area contributed by atoms with Crippen molar-refractivity contribution in [1.29, 1.82) is 0 Å². The Morgan fingerprint density at radius 3 is 2.55 bits per heavy atom. The SMILES string of the molecule is Clc1ccc(CCCc2ccccc2)nc1N1CCNCC1. The van der Waals surface area contributed by atoms with Crippen LogP contribution in [-0.4, -0.2) is 31.2 Å². The average Bonchev–Trinajstić information content (AvgIpc) is 2.58. The second kappa shape index (κ2) is 7.61. The number of nitrogens with one attached hydrogen (secondary N) is 1. The lowest BCUT2D eigenvalue weighted by molar-refractivity contribution is 0.584. The zero-order chi connectivity index (χ0) is 15.2. The Balaban J connectivity index is 1.61. The largest absolute Gasteiger partial charge is 0.353 e. The van der Waals surface area contributed by atoms with Crippen LogP contribution >= 0.6 is 11.6 Å². The van der Waals surface area contributed by atoms with Crippen LogP contribution in [0.4, 0.5) is 5.82 Å². The lowest BCUT2D eigenvalue weighted by atomic mass is 10.1. The summed E-state index contributed by atoms with van der Waals surface area (Å²) in [6.07, 6.45) is 3.19. The van der Waals surface area contributed by atoms with E-state index < -0.39 is 0 Å². The van der Waals surface area contributed by atoms with Gasteiger partial charge in [-0.1, -0.05) is 41.9 Å². The highest BCUT2D eigenvalue weighted by atomic mass is 35.5. The lowest BCUT2D eigenvalue weighted by Gasteiger charge is -2.29. The van der Waals surface area contributed by atoms with E-state index in [0.717, 1.165) is 62.0 Å². The van der Waals surface area contributed by atoms with Crippen molar-refractivity contribution in [2.24, 2.45) is 0 Å². The summed E-state index contributed by atoms with van der Waals surface area (Å²) in [7, 11) is 0. The number of hydrogen-bond donors (Lipinski definition) is 1. The van der Waals surface area contributed by atoms with Gasteiger partial charge < -0.3 is 10.2 Å². The molecule has 2 aromatic rings. The van der Waals surface area contributed by atoms with E-state index in [0.29, 0.717) is 0 Å². The van der Waals surface area contributed by atoms with E-state index in [1.54, 1.807) is 0 Å². The van der Waals surface area contributed by atoms with Crippen LogP contribution < -0.4 is 10.2 Å². The fraction of sp³-hybridized carbons (Fsp3) is 0.389. The summed E-state index contributed by atoms with van der Waals surface area (Å²) in [4.78, 5) is 7.07. The monoisotopic (exact) mass is 315 g/mol. The van der Waals surface area contributed by atoms with Crippen molar-refractivity contribution in [1.82, 2.24) is 10.3 Å². The van der Waals surface area contributed by atoms with Crippen molar-refractivity contribution < 1.29 is 0 Å². The van der Waals surface area contributed by atoms with Gasteiger partial charge in [0.1, 0.15) is 5.82 Å². The number of benzene rings is 1. The highest BCUT2D eigenvalue weighted by Gasteiger charge is 2.15. The molecule has 0 unspecified atom stereocenters. The standard InChI is InChI=1S/C18H22ClN3/c19-17-10-9-16(8-4-7-15-5-2-1-3-6-15)21-18(17)22-13-11-20-12-14-22/h1-3,5-6,9-10,20H,4,7-8,11-14H2. The normalized spacial score (nSPS) is 15.0. The van der Waals surface area contributed by atoms with Gasteiger partial charge in [0.2, 0.25) is 0 Å². The van der Waals surface area contributed by atoms with Gasteiger partial charge in [0, 0.05) is 31.9 Å². The molecule has 1 aromatic heterocycles. The minimum Gasteiger partial charge on any atom is -0.353 e. The summed E-state index contributed by atoms with van der Waals surface area (Å²) in [5.74, 6) is 0.945. The molecule has 1 fully saturated rings. The molecule has 1 aromatic carbocycles. The van der Waals surface area contributed by atoms with Gasteiger partial charge in [0.25, 0.3) is 0 Å². The highest BCUT2D eigenvalue weighted by Crippen LogP contribution is 2.24. The first kappa shape index (κ1) is 15.3. The number of anilines is 1. The molecule has 2 heterocycles. The molecule has 3 rings (SSSR count). The van der Waals surface area contributed by atoms with Crippen molar-refractivity contribution in [3.8, 4) is 0 Å². The predicted molar refractivity (Wildman–Crippen MR) is 92.8 cm³/mol. The molecule has 3 nitrogen and oxygen atoms in total. The zero-order valence-electron chi connectivity index (χ0n) is 12.8. The molecule has 1 aliphatic heterocycles. The maximum absolute atomic E-state index is 6.33. The summed E-state index contributed by atoms with van der Waals surface area (Å²) < 4.78 is 0. The van der Waals surface area contributed by atoms with Gasteiger partial charge in [0.15, 0.2) is 0 Å². The first-order valence-electron chi connectivity index (χ1n) is 7.98. The Morgan fingerprint density at radius 2 is 1.77 bits per heavy atom. The van der Waals surface area contributed by atoms with E-state index in [1.165, 1.54) is 5.56 Å². The topological polar surface area (TPSA) is 28.2 Å². The van der Waals surface area contributed by atoms with Crippen LogP contribution in [0.25, 0.3) is 0 Å². The van der Waals surface area contributed by atoms with Crippen molar-refractivity contribution in [2.45, 2.75) is 19.3 Å². The number of nitrogens with zero attached hydrogens (tertiary/aromatic N) is 2. The smallest absolute Gasteiger partial charge is 0.147 e. The molecule has 22 heavy (non-hydrogen) atoms. The molecule has 0 amide bonds. The molecule has 1 N–H and O–H groups in total. The van der Waals surface area contributed by atoms with Crippen LogP contribution in [0.1, 0.15) is 17.7 Å². The van der Waals surface area contributed by atoms with Crippen LogP contribution in [0.2, 0.25) is 5.02 Å². The lowest BCUT2D eigenvalue weighted by Crippen LogP contribution is -2.44. The van der Waals surface area contributed by atoms with Gasteiger partial charge in [0.05, 0.1) is 5.02 Å². The Bertz CT molecular complexity index is 595. The van der Waals surface area contributed by atoms with Crippen LogP contribution in [-0.2, 0) is 12.8 Å². The van der Waals surface area contributed by atoms with E-state index in [2.05, 4.69) is 46.6 Å². The number of halogens is 1. The molecule has 0 radical (unpaired) electrons. The highest BCUT2D eigenvalue weighted by molar-refractivity contribution is 6.32. The summed E-state index contributed by atoms with van der Waals surface area (Å²) >= 11 is 6.33. The molecule has 0 spiro atoms. The first-order chi connectivity index (χ1) is 10.8. The van der Waals surface area contributed by atoms with E-state index in [4.69, 9.17) is 16.6 Å². The summed E-state index contributed by atoms with van der Waals surface area (Å²) in [6, 6.07) is 14.7. The summed E-state index contributed by atoms with van der Waals surface area (Å²) in [5, 5.41) is 4.12. The maximum atomic E-state index is 6.33. The fourth-order valence-electron chi connectivity index (χ4n) is 2.83. The third-order valence-electron chi connectivity index (χ3n) is 4.04. The van der Waals surface area contributed by atoms with Gasteiger partial charge in [-0.2, -0.15) is 0 Å². The van der Waals surface area contributed by atoms with Crippen LogP contribution in [0, 0.1) is 0 Å². The molecular formula is C18H22ClN3. The number of rotatable bonds is 5. The summed E-state index contributed by atoms with van der Waals surface area (Å²) in [5.41, 5.74) is 2.52. The van der Waals surface area contributed by atoms with Crippen LogP contribution in [0.15, 0.2) is 42.5 Å². The molecule has 0 bridgehead atoms. The molecular weight excluding hydrogens is 294 g/mol. The molecule has 116 valence electrons. The first-order valence-corrected chi connectivity index (χ1v) is 8.36. The molecule has 0 saturated carbocycles. The van der Waals surface area contributed by atoms with Crippen molar-refractivity contribution in [3.63, 3.8) is 0 Å². The number of aryl methyl sites for hydroxylation is 2. The number of piperazine rings is 1. The Labute approximate surface area is 137 Å². The van der Waals surface area contributed by atoms with Gasteiger partial charge in [-0.05, 0) is 37.0 Å². The van der Waals surface area contributed by atoms with Crippen LogP contribution in [0.3, 0.4) is 0 Å². The fourth-order valence-corrected chi connectivity index (χ4v) is 3.05. The third-order valence-corrected chi connectivity index (χ3v) is 4.34. The van der Waals surface area contributed by atoms with E-state index in [9.17, 15) is 0 Å². The second-order valence-corrected chi connectivity index (χ2v) is 6.09. The van der Waals surface area contributed by atoms with Crippen molar-refractivity contribution >= 4 is 17.4 Å². The quantitative estimate of drug-likeness (QED) is 0.917. The van der Waals surface area contributed by atoms with Gasteiger partial charge in [-0.3, -0.25) is 0 Å². The Morgan fingerprint density at radius 1 is 1.00 bits per heavy atom. The van der Waals surface area contributed by atoms with Gasteiger partial charge >= 0.3 is 0 Å². The number of pyridine rings is 1. The maximum Gasteiger partial charge on any atom is 0.147 e. The molecule has 0 atom stereocenters. The van der Waals surface area contributed by atoms with Crippen molar-refractivity contribution in [2.75, 3.05) is 31.1 Å². The second-order valence-electron chi connectivity index (χ2n) is 5.68. The third kappa shape index (κ3) is 3.99. The van der Waals surface area contributed by atoms with Gasteiger partial charge in [-0.25, -0.2) is 4.98 Å². The Hall–Kier alpha value is -1.58. The predicted octanol–water partition coefficient (Wildman–Crippen LogP) is 3.32. The van der Waals surface area contributed by atoms with Crippen LogP contribution in [0.5, 0.6) is 0 Å². The summed E-state index contributed by atoms with van der Waals surface area (Å²) in [6.45, 7) is 3.94. The van der Waals surface area contributed by atoms with E-state index in [-0.39, 0.29) is 0 Å².